The quantitative estimate of drug-likeness (QED) is 0.765. The summed E-state index contributed by atoms with van der Waals surface area (Å²) in [6, 6.07) is 8.18. The Bertz CT molecular complexity index is 342. The van der Waals surface area contributed by atoms with Crippen molar-refractivity contribution >= 4 is 5.69 Å². The molecule has 106 valence electrons. The fourth-order valence-electron chi connectivity index (χ4n) is 1.83. The molecule has 0 aromatic heterocycles. The molecule has 4 N–H and O–H groups in total. The summed E-state index contributed by atoms with van der Waals surface area (Å²) in [5, 5.41) is 6.28. The highest BCUT2D eigenvalue weighted by atomic mass is 15.2. The van der Waals surface area contributed by atoms with Crippen molar-refractivity contribution < 1.29 is 0 Å². The summed E-state index contributed by atoms with van der Waals surface area (Å²) in [6.45, 7) is 9.03. The number of hydrogen-bond acceptors (Lipinski definition) is 4. The molecule has 0 spiro atoms. The smallest absolute Gasteiger partial charge is 0.0379 e. The fraction of sp³-hybridized carbons (Fsp3) is 0.467. The third-order valence-electron chi connectivity index (χ3n) is 3.00. The molecule has 1 heterocycles. The molecule has 0 atom stereocenters. The van der Waals surface area contributed by atoms with Gasteiger partial charge in [0, 0.05) is 31.9 Å². The maximum absolute atomic E-state index is 5.43. The van der Waals surface area contributed by atoms with Gasteiger partial charge in [-0.25, -0.2) is 0 Å². The molecule has 1 saturated heterocycles. The van der Waals surface area contributed by atoms with Gasteiger partial charge in [0.25, 0.3) is 0 Å². The van der Waals surface area contributed by atoms with Gasteiger partial charge in [-0.15, -0.1) is 0 Å². The molecule has 1 aliphatic heterocycles. The van der Waals surface area contributed by atoms with Crippen LogP contribution in [0.3, 0.4) is 0 Å². The third kappa shape index (κ3) is 6.96. The van der Waals surface area contributed by atoms with Crippen LogP contribution in [-0.4, -0.2) is 44.7 Å². The molecule has 0 aliphatic carbocycles. The van der Waals surface area contributed by atoms with E-state index in [1.54, 1.807) is 6.20 Å². The summed E-state index contributed by atoms with van der Waals surface area (Å²) in [5.74, 6) is 0. The first kappa shape index (κ1) is 15.7. The standard InChI is InChI=1S/C10H14N2.C5H12N2/c1-2-12-10-5-3-9(4-6-10)7-8-11;1-7-4-2-6-3-5-7/h2-6,12H,1,7-8,11H2;6H,2-5H2,1H3. The van der Waals surface area contributed by atoms with Gasteiger partial charge in [0.2, 0.25) is 0 Å². The van der Waals surface area contributed by atoms with Crippen molar-refractivity contribution in [3.8, 4) is 0 Å². The lowest BCUT2D eigenvalue weighted by Gasteiger charge is -2.21. The van der Waals surface area contributed by atoms with Crippen LogP contribution in [0.1, 0.15) is 5.56 Å². The van der Waals surface area contributed by atoms with E-state index in [1.165, 1.54) is 18.7 Å². The Morgan fingerprint density at radius 2 is 1.95 bits per heavy atom. The molecule has 4 heteroatoms. The van der Waals surface area contributed by atoms with Crippen LogP contribution in [0.5, 0.6) is 0 Å². The largest absolute Gasteiger partial charge is 0.362 e. The molecule has 0 radical (unpaired) electrons. The van der Waals surface area contributed by atoms with Crippen molar-refractivity contribution in [1.29, 1.82) is 0 Å². The number of nitrogens with one attached hydrogen (secondary N) is 2. The van der Waals surface area contributed by atoms with Crippen molar-refractivity contribution in [3.05, 3.63) is 42.6 Å². The number of likely N-dealkylation sites (N-methyl/N-ethyl adjacent to an activating group) is 1. The minimum atomic E-state index is 0.703. The number of piperazine rings is 1. The summed E-state index contributed by atoms with van der Waals surface area (Å²) in [6.07, 6.45) is 2.60. The van der Waals surface area contributed by atoms with Gasteiger partial charge in [-0.1, -0.05) is 18.7 Å². The zero-order chi connectivity index (χ0) is 13.9. The van der Waals surface area contributed by atoms with E-state index in [1.807, 2.05) is 12.1 Å². The first-order valence-electron chi connectivity index (χ1n) is 6.82. The first-order valence-corrected chi connectivity index (χ1v) is 6.82. The van der Waals surface area contributed by atoms with Gasteiger partial charge in [-0.05, 0) is 43.9 Å². The molecular weight excluding hydrogens is 236 g/mol. The second kappa shape index (κ2) is 9.55. The van der Waals surface area contributed by atoms with Crippen LogP contribution in [0, 0.1) is 0 Å². The second-order valence-electron chi connectivity index (χ2n) is 4.64. The predicted molar refractivity (Wildman–Crippen MR) is 83.4 cm³/mol. The monoisotopic (exact) mass is 262 g/mol. The SMILES string of the molecule is C=CNc1ccc(CCN)cc1.CN1CCNCC1. The van der Waals surface area contributed by atoms with E-state index in [0.29, 0.717) is 6.54 Å². The Labute approximate surface area is 116 Å². The lowest BCUT2D eigenvalue weighted by molar-refractivity contribution is 0.291. The summed E-state index contributed by atoms with van der Waals surface area (Å²) in [5.41, 5.74) is 7.76. The van der Waals surface area contributed by atoms with E-state index in [4.69, 9.17) is 5.73 Å². The van der Waals surface area contributed by atoms with Gasteiger partial charge in [0.15, 0.2) is 0 Å². The van der Waals surface area contributed by atoms with Gasteiger partial charge in [0.1, 0.15) is 0 Å². The van der Waals surface area contributed by atoms with Crippen LogP contribution in [0.25, 0.3) is 0 Å². The van der Waals surface area contributed by atoms with Crippen molar-refractivity contribution in [2.45, 2.75) is 6.42 Å². The van der Waals surface area contributed by atoms with E-state index in [-0.39, 0.29) is 0 Å². The lowest BCUT2D eigenvalue weighted by atomic mass is 10.1. The molecule has 0 bridgehead atoms. The van der Waals surface area contributed by atoms with Crippen LogP contribution in [0.4, 0.5) is 5.69 Å². The summed E-state index contributed by atoms with van der Waals surface area (Å²) >= 11 is 0. The Morgan fingerprint density at radius 1 is 1.32 bits per heavy atom. The predicted octanol–water partition coefficient (Wildman–Crippen LogP) is 1.26. The minimum Gasteiger partial charge on any atom is -0.362 e. The molecular formula is C15H26N4. The molecule has 1 aromatic carbocycles. The zero-order valence-corrected chi connectivity index (χ0v) is 11.9. The van der Waals surface area contributed by atoms with E-state index in [9.17, 15) is 0 Å². The molecule has 0 saturated carbocycles. The van der Waals surface area contributed by atoms with Gasteiger partial charge in [0.05, 0.1) is 0 Å². The fourth-order valence-corrected chi connectivity index (χ4v) is 1.83. The van der Waals surface area contributed by atoms with Crippen LogP contribution in [-0.2, 0) is 6.42 Å². The first-order chi connectivity index (χ1) is 9.26. The van der Waals surface area contributed by atoms with Crippen molar-refractivity contribution in [3.63, 3.8) is 0 Å². The van der Waals surface area contributed by atoms with Crippen molar-refractivity contribution in [2.75, 3.05) is 45.1 Å². The Balaban J connectivity index is 0.000000218. The minimum absolute atomic E-state index is 0.703. The Morgan fingerprint density at radius 3 is 2.37 bits per heavy atom. The normalized spacial score (nSPS) is 15.3. The number of benzene rings is 1. The van der Waals surface area contributed by atoms with E-state index < -0.39 is 0 Å². The molecule has 1 aliphatic rings. The molecule has 1 aromatic rings. The van der Waals surface area contributed by atoms with Crippen LogP contribution in [0.2, 0.25) is 0 Å². The van der Waals surface area contributed by atoms with Gasteiger partial charge in [-0.2, -0.15) is 0 Å². The van der Waals surface area contributed by atoms with Crippen LogP contribution in [0.15, 0.2) is 37.0 Å². The number of anilines is 1. The maximum Gasteiger partial charge on any atom is 0.0379 e. The molecule has 0 amide bonds. The van der Waals surface area contributed by atoms with Gasteiger partial charge < -0.3 is 21.3 Å². The number of hydrogen-bond donors (Lipinski definition) is 3. The van der Waals surface area contributed by atoms with E-state index >= 15 is 0 Å². The van der Waals surface area contributed by atoms with Gasteiger partial charge in [-0.3, -0.25) is 0 Å². The molecule has 0 unspecified atom stereocenters. The van der Waals surface area contributed by atoms with E-state index in [2.05, 4.69) is 41.3 Å². The van der Waals surface area contributed by atoms with Crippen LogP contribution < -0.4 is 16.4 Å². The topological polar surface area (TPSA) is 53.3 Å². The number of nitrogens with zero attached hydrogens (tertiary/aromatic N) is 1. The van der Waals surface area contributed by atoms with E-state index in [0.717, 1.165) is 25.2 Å². The highest BCUT2D eigenvalue weighted by Crippen LogP contribution is 2.09. The lowest BCUT2D eigenvalue weighted by Crippen LogP contribution is -2.40. The van der Waals surface area contributed by atoms with Crippen molar-refractivity contribution in [2.24, 2.45) is 5.73 Å². The third-order valence-corrected chi connectivity index (χ3v) is 3.00. The zero-order valence-electron chi connectivity index (χ0n) is 11.9. The Hall–Kier alpha value is -1.36. The molecule has 19 heavy (non-hydrogen) atoms. The highest BCUT2D eigenvalue weighted by Gasteiger charge is 2.01. The second-order valence-corrected chi connectivity index (χ2v) is 4.64. The summed E-state index contributed by atoms with van der Waals surface area (Å²) < 4.78 is 0. The average molecular weight is 262 g/mol. The maximum atomic E-state index is 5.43. The Kier molecular flexibility index (Phi) is 7.89. The number of nitrogens with two attached hydrogens (primary N) is 1. The number of rotatable bonds is 4. The average Bonchev–Trinajstić information content (AvgIpc) is 2.43. The van der Waals surface area contributed by atoms with Crippen LogP contribution >= 0.6 is 0 Å². The molecule has 2 rings (SSSR count). The highest BCUT2D eigenvalue weighted by molar-refractivity contribution is 5.46. The summed E-state index contributed by atoms with van der Waals surface area (Å²) in [4.78, 5) is 2.33. The summed E-state index contributed by atoms with van der Waals surface area (Å²) in [7, 11) is 2.15. The molecule has 4 nitrogen and oxygen atoms in total. The molecule has 1 fully saturated rings. The van der Waals surface area contributed by atoms with Gasteiger partial charge >= 0.3 is 0 Å². The van der Waals surface area contributed by atoms with Crippen molar-refractivity contribution in [1.82, 2.24) is 10.2 Å².